The molecule has 0 atom stereocenters. The van der Waals surface area contributed by atoms with Gasteiger partial charge in [-0.05, 0) is 24.5 Å². The monoisotopic (exact) mass is 226 g/mol. The number of aromatic nitrogens is 1. The number of rotatable bonds is 2. The lowest BCUT2D eigenvalue weighted by Crippen LogP contribution is -2.35. The summed E-state index contributed by atoms with van der Waals surface area (Å²) in [6.07, 6.45) is 5.05. The Kier molecular flexibility index (Phi) is 3.57. The molecule has 4 heteroatoms. The molecule has 82 valence electrons. The Labute approximate surface area is 94.7 Å². The molecule has 1 saturated heterocycles. The molecular weight excluding hydrogens is 212 g/mol. The van der Waals surface area contributed by atoms with Gasteiger partial charge in [0, 0.05) is 32.0 Å². The Morgan fingerprint density at radius 2 is 2.20 bits per heavy atom. The van der Waals surface area contributed by atoms with Crippen LogP contribution in [0.4, 0.5) is 0 Å². The Morgan fingerprint density at radius 1 is 1.47 bits per heavy atom. The fourth-order valence-electron chi connectivity index (χ4n) is 1.85. The van der Waals surface area contributed by atoms with Crippen LogP contribution in [0, 0.1) is 0 Å². The number of hydrogen-bond donors (Lipinski definition) is 1. The zero-order valence-electron chi connectivity index (χ0n) is 8.56. The fourth-order valence-corrected chi connectivity index (χ4v) is 2.03. The number of aliphatic hydroxyl groups is 1. The second-order valence-electron chi connectivity index (χ2n) is 3.97. The van der Waals surface area contributed by atoms with E-state index in [4.69, 9.17) is 11.6 Å². The highest BCUT2D eigenvalue weighted by molar-refractivity contribution is 6.31. The van der Waals surface area contributed by atoms with Gasteiger partial charge in [-0.2, -0.15) is 0 Å². The summed E-state index contributed by atoms with van der Waals surface area (Å²) in [5, 5.41) is 10.1. The summed E-state index contributed by atoms with van der Waals surface area (Å²) in [4.78, 5) is 6.27. The van der Waals surface area contributed by atoms with Gasteiger partial charge in [-0.15, -0.1) is 0 Å². The van der Waals surface area contributed by atoms with Gasteiger partial charge in [-0.1, -0.05) is 11.6 Å². The minimum Gasteiger partial charge on any atom is -0.393 e. The molecule has 0 amide bonds. The van der Waals surface area contributed by atoms with Gasteiger partial charge in [0.15, 0.2) is 0 Å². The highest BCUT2D eigenvalue weighted by atomic mass is 35.5. The predicted octanol–water partition coefficient (Wildman–Crippen LogP) is 1.69. The maximum atomic E-state index is 9.38. The number of pyridine rings is 1. The summed E-state index contributed by atoms with van der Waals surface area (Å²) >= 11 is 6.03. The number of halogens is 1. The van der Waals surface area contributed by atoms with Gasteiger partial charge in [0.25, 0.3) is 0 Å². The van der Waals surface area contributed by atoms with Crippen LogP contribution in [-0.4, -0.2) is 34.2 Å². The zero-order valence-corrected chi connectivity index (χ0v) is 9.32. The minimum atomic E-state index is -0.117. The van der Waals surface area contributed by atoms with Crippen LogP contribution in [0.15, 0.2) is 18.5 Å². The van der Waals surface area contributed by atoms with Crippen molar-refractivity contribution in [1.29, 1.82) is 0 Å². The van der Waals surface area contributed by atoms with E-state index in [1.165, 1.54) is 0 Å². The van der Waals surface area contributed by atoms with Gasteiger partial charge < -0.3 is 5.11 Å². The minimum absolute atomic E-state index is 0.117. The van der Waals surface area contributed by atoms with Crippen molar-refractivity contribution in [3.05, 3.63) is 29.0 Å². The second-order valence-corrected chi connectivity index (χ2v) is 4.38. The summed E-state index contributed by atoms with van der Waals surface area (Å²) in [5.41, 5.74) is 1.11. The van der Waals surface area contributed by atoms with E-state index in [-0.39, 0.29) is 6.10 Å². The molecule has 2 rings (SSSR count). The van der Waals surface area contributed by atoms with Crippen LogP contribution >= 0.6 is 11.6 Å². The van der Waals surface area contributed by atoms with Gasteiger partial charge >= 0.3 is 0 Å². The van der Waals surface area contributed by atoms with Crippen LogP contribution in [0.3, 0.4) is 0 Å². The lowest BCUT2D eigenvalue weighted by Gasteiger charge is -2.29. The molecule has 1 aliphatic rings. The average molecular weight is 227 g/mol. The van der Waals surface area contributed by atoms with E-state index >= 15 is 0 Å². The molecule has 1 aromatic heterocycles. The zero-order chi connectivity index (χ0) is 10.7. The summed E-state index contributed by atoms with van der Waals surface area (Å²) in [6, 6.07) is 1.95. The predicted molar refractivity (Wildman–Crippen MR) is 59.8 cm³/mol. The number of likely N-dealkylation sites (tertiary alicyclic amines) is 1. The maximum Gasteiger partial charge on any atom is 0.0634 e. The van der Waals surface area contributed by atoms with Crippen molar-refractivity contribution in [2.24, 2.45) is 0 Å². The third-order valence-electron chi connectivity index (χ3n) is 2.81. The molecule has 0 bridgehead atoms. The van der Waals surface area contributed by atoms with Crippen molar-refractivity contribution in [3.8, 4) is 0 Å². The normalized spacial score (nSPS) is 19.3. The number of nitrogens with zero attached hydrogens (tertiary/aromatic N) is 2. The van der Waals surface area contributed by atoms with E-state index in [1.54, 1.807) is 12.4 Å². The summed E-state index contributed by atoms with van der Waals surface area (Å²) < 4.78 is 0. The van der Waals surface area contributed by atoms with E-state index in [0.29, 0.717) is 0 Å². The molecular formula is C11H15ClN2O. The highest BCUT2D eigenvalue weighted by Crippen LogP contribution is 2.18. The fraction of sp³-hybridized carbons (Fsp3) is 0.545. The first-order valence-corrected chi connectivity index (χ1v) is 5.62. The lowest BCUT2D eigenvalue weighted by atomic mass is 10.1. The standard InChI is InChI=1S/C11H15ClN2O/c12-11-7-13-4-1-9(11)8-14-5-2-10(15)3-6-14/h1,4,7,10,15H,2-3,5-6,8H2. The van der Waals surface area contributed by atoms with Crippen LogP contribution in [0.1, 0.15) is 18.4 Å². The summed E-state index contributed by atoms with van der Waals surface area (Å²) in [5.74, 6) is 0. The maximum absolute atomic E-state index is 9.38. The van der Waals surface area contributed by atoms with Crippen LogP contribution < -0.4 is 0 Å². The Hall–Kier alpha value is -0.640. The van der Waals surface area contributed by atoms with Crippen molar-refractivity contribution in [1.82, 2.24) is 9.88 Å². The molecule has 1 N–H and O–H groups in total. The summed E-state index contributed by atoms with van der Waals surface area (Å²) in [6.45, 7) is 2.74. The smallest absolute Gasteiger partial charge is 0.0634 e. The van der Waals surface area contributed by atoms with Crippen molar-refractivity contribution >= 4 is 11.6 Å². The average Bonchev–Trinajstić information content (AvgIpc) is 2.25. The van der Waals surface area contributed by atoms with Gasteiger partial charge in [0.2, 0.25) is 0 Å². The van der Waals surface area contributed by atoms with Gasteiger partial charge in [0.05, 0.1) is 11.1 Å². The highest BCUT2D eigenvalue weighted by Gasteiger charge is 2.17. The Morgan fingerprint density at radius 3 is 2.87 bits per heavy atom. The van der Waals surface area contributed by atoms with E-state index < -0.39 is 0 Å². The molecule has 0 radical (unpaired) electrons. The van der Waals surface area contributed by atoms with Crippen molar-refractivity contribution in [2.75, 3.05) is 13.1 Å². The summed E-state index contributed by atoms with van der Waals surface area (Å²) in [7, 11) is 0. The molecule has 0 saturated carbocycles. The van der Waals surface area contributed by atoms with Crippen LogP contribution in [-0.2, 0) is 6.54 Å². The molecule has 0 aliphatic carbocycles. The Bertz CT molecular complexity index is 324. The SMILES string of the molecule is OC1CCN(Cc2ccncc2Cl)CC1. The third kappa shape index (κ3) is 2.91. The molecule has 0 spiro atoms. The van der Waals surface area contributed by atoms with Gasteiger partial charge in [-0.3, -0.25) is 9.88 Å². The molecule has 3 nitrogen and oxygen atoms in total. The first-order valence-electron chi connectivity index (χ1n) is 5.24. The number of hydrogen-bond acceptors (Lipinski definition) is 3. The first kappa shape index (κ1) is 10.9. The largest absolute Gasteiger partial charge is 0.393 e. The van der Waals surface area contributed by atoms with E-state index in [2.05, 4.69) is 9.88 Å². The molecule has 15 heavy (non-hydrogen) atoms. The topological polar surface area (TPSA) is 36.4 Å². The van der Waals surface area contributed by atoms with E-state index in [9.17, 15) is 5.11 Å². The second kappa shape index (κ2) is 4.92. The van der Waals surface area contributed by atoms with Crippen molar-refractivity contribution in [2.45, 2.75) is 25.5 Å². The number of aliphatic hydroxyl groups excluding tert-OH is 1. The lowest BCUT2D eigenvalue weighted by molar-refractivity contribution is 0.0792. The molecule has 1 aliphatic heterocycles. The Balaban J connectivity index is 1.95. The quantitative estimate of drug-likeness (QED) is 0.834. The molecule has 0 unspecified atom stereocenters. The van der Waals surface area contributed by atoms with Gasteiger partial charge in [0.1, 0.15) is 0 Å². The molecule has 1 aromatic rings. The van der Waals surface area contributed by atoms with Crippen LogP contribution in [0.2, 0.25) is 5.02 Å². The van der Waals surface area contributed by atoms with Gasteiger partial charge in [-0.25, -0.2) is 0 Å². The third-order valence-corrected chi connectivity index (χ3v) is 3.15. The first-order chi connectivity index (χ1) is 7.25. The van der Waals surface area contributed by atoms with Crippen LogP contribution in [0.25, 0.3) is 0 Å². The van der Waals surface area contributed by atoms with Crippen LogP contribution in [0.5, 0.6) is 0 Å². The van der Waals surface area contributed by atoms with E-state index in [1.807, 2.05) is 6.07 Å². The molecule has 0 aromatic carbocycles. The van der Waals surface area contributed by atoms with E-state index in [0.717, 1.165) is 43.1 Å². The molecule has 1 fully saturated rings. The molecule has 2 heterocycles. The van der Waals surface area contributed by atoms with Crippen molar-refractivity contribution in [3.63, 3.8) is 0 Å². The van der Waals surface area contributed by atoms with Crippen molar-refractivity contribution < 1.29 is 5.11 Å². The number of piperidine rings is 1.